The van der Waals surface area contributed by atoms with E-state index >= 15 is 0 Å². The lowest BCUT2D eigenvalue weighted by Gasteiger charge is -2.32. The van der Waals surface area contributed by atoms with E-state index < -0.39 is 41.7 Å². The largest absolute Gasteiger partial charge is 0.491 e. The first kappa shape index (κ1) is 31.6. The number of likely N-dealkylation sites (tertiary alicyclic amines) is 1. The van der Waals surface area contributed by atoms with Crippen molar-refractivity contribution in [2.45, 2.75) is 83.7 Å². The van der Waals surface area contributed by atoms with Crippen LogP contribution < -0.4 is 15.4 Å². The number of para-hydroxylation sites is 1. The van der Waals surface area contributed by atoms with Gasteiger partial charge in [-0.15, -0.1) is 0 Å². The Hall–Kier alpha value is -2.66. The number of hydrogen-bond acceptors (Lipinski definition) is 7. The minimum Gasteiger partial charge on any atom is -0.491 e. The molecule has 1 aliphatic rings. The van der Waals surface area contributed by atoms with Gasteiger partial charge in [-0.05, 0) is 51.7 Å². The first-order valence-corrected chi connectivity index (χ1v) is 14.0. The molecule has 1 aromatic rings. The molecule has 0 aliphatic carbocycles. The number of halogens is 1. The second-order valence-electron chi connectivity index (χ2n) is 10.7. The first-order chi connectivity index (χ1) is 17.8. The Balaban J connectivity index is 2.16. The highest BCUT2D eigenvalue weighted by Crippen LogP contribution is 2.21. The van der Waals surface area contributed by atoms with E-state index in [1.54, 1.807) is 45.0 Å². The second-order valence-corrected chi connectivity index (χ2v) is 11.3. The summed E-state index contributed by atoms with van der Waals surface area (Å²) < 4.78 is 11.0. The van der Waals surface area contributed by atoms with Crippen molar-refractivity contribution in [1.29, 1.82) is 0 Å². The minimum atomic E-state index is -1.22. The number of hydrogen-bond donors (Lipinski definition) is 3. The highest BCUT2D eigenvalue weighted by molar-refractivity contribution is 9.09. The van der Waals surface area contributed by atoms with Crippen molar-refractivity contribution >= 4 is 39.6 Å². The summed E-state index contributed by atoms with van der Waals surface area (Å²) in [6, 6.07) is 6.29. The highest BCUT2D eigenvalue weighted by Gasteiger charge is 2.40. The number of rotatable bonds is 12. The Kier molecular flexibility index (Phi) is 12.0. The zero-order valence-corrected chi connectivity index (χ0v) is 24.3. The number of carbonyl (C=O) groups excluding carboxylic acids is 4. The number of nitrogens with one attached hydrogen (secondary N) is 2. The third kappa shape index (κ3) is 9.90. The van der Waals surface area contributed by atoms with Crippen LogP contribution in [-0.4, -0.2) is 82.0 Å². The first-order valence-electron chi connectivity index (χ1n) is 12.9. The topological polar surface area (TPSA) is 134 Å². The van der Waals surface area contributed by atoms with Gasteiger partial charge in [0.05, 0.1) is 17.8 Å². The highest BCUT2D eigenvalue weighted by atomic mass is 79.9. The molecule has 3 N–H and O–H groups in total. The molecule has 1 aromatic carbocycles. The van der Waals surface area contributed by atoms with Crippen LogP contribution >= 0.6 is 15.9 Å². The smallest absolute Gasteiger partial charge is 0.308 e. The molecular weight excluding hydrogens is 558 g/mol. The molecule has 1 unspecified atom stereocenters. The zero-order valence-electron chi connectivity index (χ0n) is 22.7. The van der Waals surface area contributed by atoms with Gasteiger partial charge in [0.2, 0.25) is 17.7 Å². The van der Waals surface area contributed by atoms with E-state index in [2.05, 4.69) is 26.6 Å². The number of esters is 1. The van der Waals surface area contributed by atoms with Crippen molar-refractivity contribution < 1.29 is 33.8 Å². The number of benzene rings is 1. The van der Waals surface area contributed by atoms with E-state index in [4.69, 9.17) is 9.47 Å². The summed E-state index contributed by atoms with van der Waals surface area (Å²) in [4.78, 5) is 52.7. The number of nitrogens with zero attached hydrogens (tertiary/aromatic N) is 1. The maximum absolute atomic E-state index is 13.4. The predicted molar refractivity (Wildman–Crippen MR) is 146 cm³/mol. The van der Waals surface area contributed by atoms with Crippen molar-refractivity contribution in [2.24, 2.45) is 5.92 Å². The van der Waals surface area contributed by atoms with Crippen LogP contribution in [0.15, 0.2) is 30.3 Å². The van der Waals surface area contributed by atoms with Crippen LogP contribution in [0.4, 0.5) is 0 Å². The molecule has 0 spiro atoms. The minimum absolute atomic E-state index is 0.0582. The molecule has 1 heterocycles. The summed E-state index contributed by atoms with van der Waals surface area (Å²) in [7, 11) is 0. The summed E-state index contributed by atoms with van der Waals surface area (Å²) in [6.07, 6.45) is -0.472. The lowest BCUT2D eigenvalue weighted by atomic mass is 10.0. The van der Waals surface area contributed by atoms with Gasteiger partial charge in [-0.25, -0.2) is 0 Å². The van der Waals surface area contributed by atoms with E-state index in [1.807, 2.05) is 19.9 Å². The molecule has 0 saturated carbocycles. The maximum atomic E-state index is 13.4. The quantitative estimate of drug-likeness (QED) is 0.248. The van der Waals surface area contributed by atoms with E-state index in [-0.39, 0.29) is 36.1 Å². The molecule has 2 rings (SSSR count). The summed E-state index contributed by atoms with van der Waals surface area (Å²) in [6.45, 7) is 9.03. The molecule has 1 saturated heterocycles. The fourth-order valence-electron chi connectivity index (χ4n) is 4.15. The van der Waals surface area contributed by atoms with Crippen molar-refractivity contribution in [3.05, 3.63) is 30.3 Å². The number of carbonyl (C=O) groups is 4. The molecule has 11 heteroatoms. The van der Waals surface area contributed by atoms with Gasteiger partial charge in [0, 0.05) is 6.54 Å². The van der Waals surface area contributed by atoms with Crippen LogP contribution in [-0.2, 0) is 23.9 Å². The fraction of sp³-hybridized carbons (Fsp3) is 0.630. The van der Waals surface area contributed by atoms with E-state index in [1.165, 1.54) is 4.90 Å². The molecule has 38 heavy (non-hydrogen) atoms. The van der Waals surface area contributed by atoms with Crippen molar-refractivity contribution in [1.82, 2.24) is 15.5 Å². The van der Waals surface area contributed by atoms with Crippen molar-refractivity contribution in [3.8, 4) is 5.75 Å². The standard InChI is InChI=1S/C27H40BrN3O7/c1-17(2)24(30-22(33)15-28)26(36)31-13-9-12-20(31)25(35)29-19(14-23(34)38-27(3,4)5)21(32)16-37-18-10-7-6-8-11-18/h6-8,10-11,17,19-21,24,32H,9,12-16H2,1-5H3,(H,29,35)(H,30,33)/t19-,20-,21?,24-/m0/s1. The molecule has 3 amide bonds. The summed E-state index contributed by atoms with van der Waals surface area (Å²) in [5, 5.41) is 16.4. The summed E-state index contributed by atoms with van der Waals surface area (Å²) >= 11 is 3.09. The summed E-state index contributed by atoms with van der Waals surface area (Å²) in [5.74, 6) is -1.39. The van der Waals surface area contributed by atoms with Crippen molar-refractivity contribution in [2.75, 3.05) is 18.5 Å². The Morgan fingerprint density at radius 2 is 1.79 bits per heavy atom. The van der Waals surface area contributed by atoms with Gasteiger partial charge in [0.25, 0.3) is 0 Å². The Labute approximate surface area is 232 Å². The molecular formula is C27H40BrN3O7. The fourth-order valence-corrected chi connectivity index (χ4v) is 4.31. The molecule has 1 aliphatic heterocycles. The molecule has 0 radical (unpaired) electrons. The van der Waals surface area contributed by atoms with Crippen LogP contribution in [0.1, 0.15) is 53.9 Å². The molecule has 0 aromatic heterocycles. The van der Waals surface area contributed by atoms with Crippen LogP contribution in [0.5, 0.6) is 5.75 Å². The van der Waals surface area contributed by atoms with Gasteiger partial charge in [0.15, 0.2) is 0 Å². The van der Waals surface area contributed by atoms with Gasteiger partial charge in [-0.2, -0.15) is 0 Å². The maximum Gasteiger partial charge on any atom is 0.308 e. The lowest BCUT2D eigenvalue weighted by molar-refractivity contribution is -0.156. The molecule has 4 atom stereocenters. The predicted octanol–water partition coefficient (Wildman–Crippen LogP) is 2.17. The Morgan fingerprint density at radius 3 is 2.37 bits per heavy atom. The molecule has 10 nitrogen and oxygen atoms in total. The van der Waals surface area contributed by atoms with E-state index in [0.717, 1.165) is 0 Å². The van der Waals surface area contributed by atoms with Gasteiger partial charge in [0.1, 0.15) is 36.1 Å². The number of aliphatic hydroxyl groups is 1. The summed E-state index contributed by atoms with van der Waals surface area (Å²) in [5.41, 5.74) is -0.739. The third-order valence-electron chi connectivity index (χ3n) is 5.97. The van der Waals surface area contributed by atoms with Gasteiger partial charge < -0.3 is 30.1 Å². The van der Waals surface area contributed by atoms with Crippen LogP contribution in [0, 0.1) is 5.92 Å². The van der Waals surface area contributed by atoms with E-state index in [9.17, 15) is 24.3 Å². The SMILES string of the molecule is CC(C)[C@H](NC(=O)CBr)C(=O)N1CCC[C@H]1C(=O)N[C@@H](CC(=O)OC(C)(C)C)C(O)COc1ccccc1. The van der Waals surface area contributed by atoms with Crippen LogP contribution in [0.2, 0.25) is 0 Å². The normalized spacial score (nSPS) is 17.9. The number of amides is 3. The molecule has 1 fully saturated rings. The number of ether oxygens (including phenoxy) is 2. The zero-order chi connectivity index (χ0) is 28.5. The number of alkyl halides is 1. The molecule has 212 valence electrons. The third-order valence-corrected chi connectivity index (χ3v) is 6.48. The Morgan fingerprint density at radius 1 is 1.13 bits per heavy atom. The van der Waals surface area contributed by atoms with Crippen LogP contribution in [0.25, 0.3) is 0 Å². The van der Waals surface area contributed by atoms with Gasteiger partial charge >= 0.3 is 5.97 Å². The second kappa shape index (κ2) is 14.5. The van der Waals surface area contributed by atoms with Gasteiger partial charge in [-0.3, -0.25) is 19.2 Å². The lowest BCUT2D eigenvalue weighted by Crippen LogP contribution is -2.57. The van der Waals surface area contributed by atoms with E-state index in [0.29, 0.717) is 25.1 Å². The monoisotopic (exact) mass is 597 g/mol. The molecule has 0 bridgehead atoms. The average Bonchev–Trinajstić information content (AvgIpc) is 3.34. The van der Waals surface area contributed by atoms with Crippen LogP contribution in [0.3, 0.4) is 0 Å². The van der Waals surface area contributed by atoms with Crippen molar-refractivity contribution in [3.63, 3.8) is 0 Å². The average molecular weight is 599 g/mol. The Bertz CT molecular complexity index is 952. The number of aliphatic hydroxyl groups excluding tert-OH is 1. The van der Waals surface area contributed by atoms with Gasteiger partial charge in [-0.1, -0.05) is 48.0 Å².